The van der Waals surface area contributed by atoms with E-state index in [4.69, 9.17) is 4.74 Å². The van der Waals surface area contributed by atoms with Gasteiger partial charge in [-0.05, 0) is 13.8 Å². The van der Waals surface area contributed by atoms with Crippen LogP contribution in [-0.2, 0) is 4.74 Å². The summed E-state index contributed by atoms with van der Waals surface area (Å²) in [6, 6.07) is 0. The molecular formula is C7H14Ac3O4. The maximum atomic E-state index is 9.21. The molecule has 0 aliphatic carbocycles. The molecule has 0 spiro atoms. The van der Waals surface area contributed by atoms with Crippen LogP contribution >= 0.6 is 0 Å². The van der Waals surface area contributed by atoms with Gasteiger partial charge in [-0.3, -0.25) is 0 Å². The first-order chi connectivity index (χ1) is 5.04. The zero-order chi connectivity index (χ0) is 8.59. The summed E-state index contributed by atoms with van der Waals surface area (Å²) in [6.07, 6.45) is -3.89. The van der Waals surface area contributed by atoms with Crippen molar-refractivity contribution in [3.05, 3.63) is 0 Å². The van der Waals surface area contributed by atoms with Gasteiger partial charge >= 0.3 is 0 Å². The van der Waals surface area contributed by atoms with Crippen molar-refractivity contribution in [1.82, 2.24) is 0 Å². The Balaban J connectivity index is -0.000000403. The summed E-state index contributed by atoms with van der Waals surface area (Å²) in [5.74, 6) is 0. The van der Waals surface area contributed by atoms with Gasteiger partial charge in [-0.1, -0.05) is 0 Å². The van der Waals surface area contributed by atoms with E-state index in [1.165, 1.54) is 0 Å². The first-order valence-corrected chi connectivity index (χ1v) is 3.73. The molecule has 7 heteroatoms. The molecule has 0 aromatic rings. The average Bonchev–Trinajstić information content (AvgIpc) is 1.97. The van der Waals surface area contributed by atoms with Crippen LogP contribution in [0.5, 0.6) is 0 Å². The van der Waals surface area contributed by atoms with E-state index >= 15 is 0 Å². The van der Waals surface area contributed by atoms with E-state index in [1.54, 1.807) is 13.8 Å². The topological polar surface area (TPSA) is 69.9 Å². The smallest absolute Gasteiger partial charge is 0.111 e. The number of aliphatic hydroxyl groups is 3. The predicted octanol–water partition coefficient (Wildman–Crippen LogP) is -1.12. The monoisotopic (exact) mass is 843 g/mol. The Hall–Kier alpha value is 4.16. The Labute approximate surface area is 192 Å². The minimum atomic E-state index is -1.09. The fourth-order valence-electron chi connectivity index (χ4n) is 1.26. The van der Waals surface area contributed by atoms with Crippen LogP contribution in [0.25, 0.3) is 0 Å². The zero-order valence-electron chi connectivity index (χ0n) is 8.37. The van der Waals surface area contributed by atoms with Gasteiger partial charge in [-0.2, -0.15) is 0 Å². The molecule has 1 aliphatic heterocycles. The van der Waals surface area contributed by atoms with Crippen molar-refractivity contribution in [2.75, 3.05) is 0 Å². The fraction of sp³-hybridized carbons (Fsp3) is 1.00. The molecule has 0 saturated carbocycles. The maximum Gasteiger partial charge on any atom is 0.111 e. The molecule has 1 heterocycles. The largest absolute Gasteiger partial charge is 0.388 e. The normalized spacial score (nSPS) is 41.4. The number of ether oxygens (including phenoxy) is 1. The molecule has 4 unspecified atom stereocenters. The molecule has 4 nitrogen and oxygen atoms in total. The standard InChI is InChI=1S/C7H14O4.3Ac/c1-3-5(8)7(10)6(9)4(2)11-3;;;/h3-10H,1-2H3;;;/t3-,4?,5?,6?,7?;;;/m0.../s1. The number of aliphatic hydroxyl groups excluding tert-OH is 3. The van der Waals surface area contributed by atoms with Crippen LogP contribution in [-0.4, -0.2) is 45.8 Å². The minimum absolute atomic E-state index is 0. The summed E-state index contributed by atoms with van der Waals surface area (Å²) < 4.78 is 5.12. The molecule has 3 N–H and O–H groups in total. The third kappa shape index (κ3) is 6.37. The van der Waals surface area contributed by atoms with Crippen molar-refractivity contribution >= 4 is 0 Å². The van der Waals surface area contributed by atoms with Crippen molar-refractivity contribution in [3.63, 3.8) is 0 Å². The second-order valence-electron chi connectivity index (χ2n) is 3.02. The summed E-state index contributed by atoms with van der Waals surface area (Å²) in [5.41, 5.74) is 0. The molecule has 0 aromatic carbocycles. The van der Waals surface area contributed by atoms with Crippen LogP contribution in [0, 0.1) is 132 Å². The molecule has 0 bridgehead atoms. The van der Waals surface area contributed by atoms with E-state index in [2.05, 4.69) is 0 Å². The summed E-state index contributed by atoms with van der Waals surface area (Å²) >= 11 is 0. The van der Waals surface area contributed by atoms with Crippen LogP contribution in [0.15, 0.2) is 0 Å². The maximum absolute atomic E-state index is 9.21. The minimum Gasteiger partial charge on any atom is -0.388 e. The Kier molecular flexibility index (Phi) is 18.3. The average molecular weight is 843 g/mol. The van der Waals surface area contributed by atoms with Crippen LogP contribution in [0.3, 0.4) is 0 Å². The predicted molar refractivity (Wildman–Crippen MR) is 38.0 cm³/mol. The van der Waals surface area contributed by atoms with Crippen molar-refractivity contribution in [2.24, 2.45) is 0 Å². The van der Waals surface area contributed by atoms with Gasteiger partial charge in [0.2, 0.25) is 0 Å². The quantitative estimate of drug-likeness (QED) is 0.290. The van der Waals surface area contributed by atoms with E-state index < -0.39 is 30.5 Å². The van der Waals surface area contributed by atoms with Crippen LogP contribution < -0.4 is 0 Å². The van der Waals surface area contributed by atoms with Gasteiger partial charge in [0, 0.05) is 132 Å². The van der Waals surface area contributed by atoms with Crippen molar-refractivity contribution in [3.8, 4) is 0 Å². The van der Waals surface area contributed by atoms with Crippen LogP contribution in [0.1, 0.15) is 13.8 Å². The molecule has 0 amide bonds. The molecule has 1 rings (SSSR count). The summed E-state index contributed by atoms with van der Waals surface area (Å²) in [6.45, 7) is 3.33. The van der Waals surface area contributed by atoms with E-state index in [0.717, 1.165) is 0 Å². The first-order valence-electron chi connectivity index (χ1n) is 3.73. The summed E-state index contributed by atoms with van der Waals surface area (Å²) in [7, 11) is 0. The van der Waals surface area contributed by atoms with Gasteiger partial charge in [0.1, 0.15) is 18.3 Å². The molecular weight excluding hydrogens is 829 g/mol. The van der Waals surface area contributed by atoms with Gasteiger partial charge in [-0.25, -0.2) is 0 Å². The molecule has 0 aromatic heterocycles. The van der Waals surface area contributed by atoms with E-state index in [-0.39, 0.29) is 132 Å². The second kappa shape index (κ2) is 11.0. The first kappa shape index (κ1) is 23.3. The summed E-state index contributed by atoms with van der Waals surface area (Å²) in [4.78, 5) is 0. The molecule has 75 valence electrons. The number of rotatable bonds is 0. The Morgan fingerprint density at radius 2 is 1.00 bits per heavy atom. The van der Waals surface area contributed by atoms with Gasteiger partial charge in [0.25, 0.3) is 0 Å². The number of hydrogen-bond donors (Lipinski definition) is 3. The molecule has 1 saturated heterocycles. The molecule has 1 aliphatic rings. The van der Waals surface area contributed by atoms with Crippen molar-refractivity contribution in [1.29, 1.82) is 0 Å². The second-order valence-corrected chi connectivity index (χ2v) is 3.02. The summed E-state index contributed by atoms with van der Waals surface area (Å²) in [5, 5.41) is 27.6. The molecule has 5 atom stereocenters. The Morgan fingerprint density at radius 3 is 1.29 bits per heavy atom. The Bertz CT molecular complexity index is 135. The van der Waals surface area contributed by atoms with Gasteiger partial charge in [-0.15, -0.1) is 0 Å². The van der Waals surface area contributed by atoms with Gasteiger partial charge in [0.05, 0.1) is 12.2 Å². The molecule has 14 heavy (non-hydrogen) atoms. The van der Waals surface area contributed by atoms with E-state index in [9.17, 15) is 15.3 Å². The van der Waals surface area contributed by atoms with Crippen molar-refractivity contribution < 1.29 is 152 Å². The number of hydrogen-bond acceptors (Lipinski definition) is 4. The van der Waals surface area contributed by atoms with Gasteiger partial charge < -0.3 is 20.1 Å². The zero-order valence-corrected chi connectivity index (χ0v) is 22.6. The third-order valence-electron chi connectivity index (χ3n) is 2.09. The third-order valence-corrected chi connectivity index (χ3v) is 2.09. The molecule has 3 radical (unpaired) electrons. The fourth-order valence-corrected chi connectivity index (χ4v) is 1.26. The van der Waals surface area contributed by atoms with Gasteiger partial charge in [0.15, 0.2) is 0 Å². The van der Waals surface area contributed by atoms with Crippen molar-refractivity contribution in [2.45, 2.75) is 44.4 Å². The SMILES string of the molecule is CC1O[C@@H](C)C(O)C(O)C1O.[Ac].[Ac].[Ac]. The molecule has 1 fully saturated rings. The Morgan fingerprint density at radius 1 is 0.714 bits per heavy atom. The van der Waals surface area contributed by atoms with Crippen LogP contribution in [0.4, 0.5) is 0 Å². The van der Waals surface area contributed by atoms with E-state index in [0.29, 0.717) is 0 Å². The van der Waals surface area contributed by atoms with E-state index in [1.807, 2.05) is 0 Å². The van der Waals surface area contributed by atoms with Crippen LogP contribution in [0.2, 0.25) is 0 Å².